The van der Waals surface area contributed by atoms with Gasteiger partial charge in [0.2, 0.25) is 5.91 Å². The number of rotatable bonds is 7. The fourth-order valence-electron chi connectivity index (χ4n) is 2.71. The van der Waals surface area contributed by atoms with E-state index in [1.165, 1.54) is 32.4 Å². The average Bonchev–Trinajstić information content (AvgIpc) is 2.34. The molecule has 4 nitrogen and oxygen atoms in total. The molecule has 1 heterocycles. The van der Waals surface area contributed by atoms with Crippen molar-refractivity contribution in [3.8, 4) is 0 Å². The van der Waals surface area contributed by atoms with E-state index >= 15 is 0 Å². The Morgan fingerprint density at radius 2 is 2.22 bits per heavy atom. The zero-order valence-corrected chi connectivity index (χ0v) is 12.1. The number of likely N-dealkylation sites (tertiary alicyclic amines) is 1. The van der Waals surface area contributed by atoms with Gasteiger partial charge in [-0.3, -0.25) is 4.79 Å². The highest BCUT2D eigenvalue weighted by atomic mass is 16.1. The van der Waals surface area contributed by atoms with E-state index < -0.39 is 0 Å². The van der Waals surface area contributed by atoms with E-state index in [0.717, 1.165) is 18.9 Å². The van der Waals surface area contributed by atoms with Crippen molar-refractivity contribution in [3.63, 3.8) is 0 Å². The van der Waals surface area contributed by atoms with E-state index in [4.69, 9.17) is 5.73 Å². The first-order valence-corrected chi connectivity index (χ1v) is 7.30. The van der Waals surface area contributed by atoms with E-state index in [1.54, 1.807) is 0 Å². The molecule has 0 aromatic heterocycles. The number of carbonyl (C=O) groups is 1. The number of piperidine rings is 1. The van der Waals surface area contributed by atoms with Gasteiger partial charge in [-0.2, -0.15) is 0 Å². The molecule has 1 aliphatic rings. The molecule has 0 aliphatic carbocycles. The standard InChI is InChI=1S/C14H29N3O/c1-4-12-6-5-8-17(10-12)9-7-13(14(15)18)16-11(2)3/h11-13,16H,4-10H2,1-3H3,(H2,15,18). The Hall–Kier alpha value is -0.610. The molecule has 2 unspecified atom stereocenters. The van der Waals surface area contributed by atoms with E-state index in [0.29, 0.717) is 6.04 Å². The van der Waals surface area contributed by atoms with Crippen LogP contribution in [-0.4, -0.2) is 42.5 Å². The van der Waals surface area contributed by atoms with Crippen molar-refractivity contribution in [2.75, 3.05) is 19.6 Å². The van der Waals surface area contributed by atoms with Crippen LogP contribution in [0.5, 0.6) is 0 Å². The third-order valence-electron chi connectivity index (χ3n) is 3.79. The lowest BCUT2D eigenvalue weighted by Gasteiger charge is -2.33. The molecule has 1 fully saturated rings. The Labute approximate surface area is 111 Å². The molecular weight excluding hydrogens is 226 g/mol. The molecule has 106 valence electrons. The first-order valence-electron chi connectivity index (χ1n) is 7.30. The third kappa shape index (κ3) is 5.36. The van der Waals surface area contributed by atoms with E-state index in [1.807, 2.05) is 13.8 Å². The van der Waals surface area contributed by atoms with Crippen LogP contribution in [0, 0.1) is 5.92 Å². The lowest BCUT2D eigenvalue weighted by molar-refractivity contribution is -0.120. The summed E-state index contributed by atoms with van der Waals surface area (Å²) in [7, 11) is 0. The Morgan fingerprint density at radius 1 is 1.50 bits per heavy atom. The minimum Gasteiger partial charge on any atom is -0.368 e. The number of amides is 1. The number of nitrogens with one attached hydrogen (secondary N) is 1. The number of nitrogens with two attached hydrogens (primary N) is 1. The van der Waals surface area contributed by atoms with Gasteiger partial charge >= 0.3 is 0 Å². The van der Waals surface area contributed by atoms with Crippen LogP contribution in [-0.2, 0) is 4.79 Å². The molecule has 0 aromatic rings. The molecule has 0 spiro atoms. The van der Waals surface area contributed by atoms with Gasteiger partial charge < -0.3 is 16.0 Å². The largest absolute Gasteiger partial charge is 0.368 e. The molecule has 1 aliphatic heterocycles. The minimum atomic E-state index is -0.229. The SMILES string of the molecule is CCC1CCCN(CCC(NC(C)C)C(N)=O)C1. The second-order valence-electron chi connectivity index (χ2n) is 5.78. The first-order chi connectivity index (χ1) is 8.52. The van der Waals surface area contributed by atoms with Gasteiger partial charge in [0.05, 0.1) is 6.04 Å². The average molecular weight is 255 g/mol. The molecule has 0 saturated carbocycles. The number of hydrogen-bond donors (Lipinski definition) is 2. The van der Waals surface area contributed by atoms with Crippen molar-refractivity contribution < 1.29 is 4.79 Å². The molecule has 18 heavy (non-hydrogen) atoms. The predicted molar refractivity (Wildman–Crippen MR) is 75.3 cm³/mol. The molecule has 0 aromatic carbocycles. The van der Waals surface area contributed by atoms with Crippen molar-refractivity contribution in [2.24, 2.45) is 11.7 Å². The van der Waals surface area contributed by atoms with Crippen LogP contribution in [0.1, 0.15) is 46.5 Å². The van der Waals surface area contributed by atoms with Gasteiger partial charge in [0.1, 0.15) is 0 Å². The summed E-state index contributed by atoms with van der Waals surface area (Å²) in [5.74, 6) is 0.608. The summed E-state index contributed by atoms with van der Waals surface area (Å²) in [6, 6.07) is 0.110. The van der Waals surface area contributed by atoms with Crippen LogP contribution in [0.4, 0.5) is 0 Å². The van der Waals surface area contributed by atoms with Gasteiger partial charge in [-0.1, -0.05) is 27.2 Å². The van der Waals surface area contributed by atoms with Crippen molar-refractivity contribution in [3.05, 3.63) is 0 Å². The second-order valence-corrected chi connectivity index (χ2v) is 5.78. The fraction of sp³-hybridized carbons (Fsp3) is 0.929. The van der Waals surface area contributed by atoms with Gasteiger partial charge in [0.25, 0.3) is 0 Å². The lowest BCUT2D eigenvalue weighted by Crippen LogP contribution is -2.47. The van der Waals surface area contributed by atoms with Crippen LogP contribution in [0.25, 0.3) is 0 Å². The Kier molecular flexibility index (Phi) is 6.65. The summed E-state index contributed by atoms with van der Waals surface area (Å²) >= 11 is 0. The molecular formula is C14H29N3O. The van der Waals surface area contributed by atoms with Crippen molar-refractivity contribution >= 4 is 5.91 Å². The van der Waals surface area contributed by atoms with Crippen LogP contribution in [0.2, 0.25) is 0 Å². The van der Waals surface area contributed by atoms with E-state index in [2.05, 4.69) is 17.1 Å². The highest BCUT2D eigenvalue weighted by Gasteiger charge is 2.21. The normalized spacial score (nSPS) is 23.2. The highest BCUT2D eigenvalue weighted by molar-refractivity contribution is 5.79. The Balaban J connectivity index is 2.34. The van der Waals surface area contributed by atoms with Gasteiger partial charge in [-0.15, -0.1) is 0 Å². The topological polar surface area (TPSA) is 58.4 Å². The molecule has 2 atom stereocenters. The summed E-state index contributed by atoms with van der Waals surface area (Å²) in [4.78, 5) is 13.9. The lowest BCUT2D eigenvalue weighted by atomic mass is 9.95. The number of primary amides is 1. The highest BCUT2D eigenvalue weighted by Crippen LogP contribution is 2.19. The predicted octanol–water partition coefficient (Wildman–Crippen LogP) is 1.35. The molecule has 1 rings (SSSR count). The van der Waals surface area contributed by atoms with Crippen LogP contribution >= 0.6 is 0 Å². The van der Waals surface area contributed by atoms with E-state index in [-0.39, 0.29) is 11.9 Å². The monoisotopic (exact) mass is 255 g/mol. The Morgan fingerprint density at radius 3 is 2.78 bits per heavy atom. The first kappa shape index (κ1) is 15.4. The second kappa shape index (κ2) is 7.74. The maximum Gasteiger partial charge on any atom is 0.234 e. The number of carbonyl (C=O) groups excluding carboxylic acids is 1. The van der Waals surface area contributed by atoms with Gasteiger partial charge in [-0.05, 0) is 31.7 Å². The molecule has 1 saturated heterocycles. The van der Waals surface area contributed by atoms with Gasteiger partial charge in [0, 0.05) is 19.1 Å². The maximum atomic E-state index is 11.4. The third-order valence-corrected chi connectivity index (χ3v) is 3.79. The molecule has 0 radical (unpaired) electrons. The van der Waals surface area contributed by atoms with E-state index in [9.17, 15) is 4.79 Å². The minimum absolute atomic E-state index is 0.188. The van der Waals surface area contributed by atoms with Crippen molar-refractivity contribution in [2.45, 2.75) is 58.5 Å². The molecule has 0 bridgehead atoms. The van der Waals surface area contributed by atoms with Gasteiger partial charge in [-0.25, -0.2) is 0 Å². The molecule has 1 amide bonds. The van der Waals surface area contributed by atoms with Crippen LogP contribution in [0.3, 0.4) is 0 Å². The summed E-state index contributed by atoms with van der Waals surface area (Å²) in [6.07, 6.45) is 4.73. The fourth-order valence-corrected chi connectivity index (χ4v) is 2.71. The number of hydrogen-bond acceptors (Lipinski definition) is 3. The summed E-state index contributed by atoms with van der Waals surface area (Å²) < 4.78 is 0. The molecule has 3 N–H and O–H groups in total. The van der Waals surface area contributed by atoms with Crippen LogP contribution < -0.4 is 11.1 Å². The zero-order valence-electron chi connectivity index (χ0n) is 12.1. The quantitative estimate of drug-likeness (QED) is 0.722. The number of nitrogens with zero attached hydrogens (tertiary/aromatic N) is 1. The summed E-state index contributed by atoms with van der Waals surface area (Å²) in [6.45, 7) is 9.69. The maximum absolute atomic E-state index is 11.4. The van der Waals surface area contributed by atoms with Gasteiger partial charge in [0.15, 0.2) is 0 Å². The molecule has 4 heteroatoms. The van der Waals surface area contributed by atoms with Crippen molar-refractivity contribution in [1.82, 2.24) is 10.2 Å². The van der Waals surface area contributed by atoms with Crippen LogP contribution in [0.15, 0.2) is 0 Å². The summed E-state index contributed by atoms with van der Waals surface area (Å²) in [5.41, 5.74) is 5.43. The zero-order chi connectivity index (χ0) is 13.5. The van der Waals surface area contributed by atoms with Crippen molar-refractivity contribution in [1.29, 1.82) is 0 Å². The smallest absolute Gasteiger partial charge is 0.234 e. The summed E-state index contributed by atoms with van der Waals surface area (Å²) in [5, 5.41) is 3.24. The Bertz CT molecular complexity index is 255.